The molecule has 2 amide bonds. The molecule has 0 spiro atoms. The van der Waals surface area contributed by atoms with Crippen molar-refractivity contribution in [1.29, 1.82) is 0 Å². The lowest BCUT2D eigenvalue weighted by Gasteiger charge is -2.21. The minimum absolute atomic E-state index is 0.0137. The molecule has 1 aliphatic carbocycles. The number of ether oxygens (including phenoxy) is 2. The first-order chi connectivity index (χ1) is 21.3. The minimum Gasteiger partial charge on any atom is -0.449 e. The minimum atomic E-state index is -0.527. The highest BCUT2D eigenvalue weighted by molar-refractivity contribution is 5.83. The number of carbonyl (C=O) groups excluding carboxylic acids is 2. The van der Waals surface area contributed by atoms with E-state index in [2.05, 4.69) is 69.6 Å². The van der Waals surface area contributed by atoms with Gasteiger partial charge in [-0.1, -0.05) is 66.7 Å². The lowest BCUT2D eigenvalue weighted by atomic mass is 9.98. The number of aromatic amines is 1. The van der Waals surface area contributed by atoms with E-state index in [0.717, 1.165) is 37.7 Å². The summed E-state index contributed by atoms with van der Waals surface area (Å²) in [5, 5.41) is 10.7. The molecule has 0 saturated carbocycles. The SMILES string of the molecule is CC(C)(C)OC(=O)NCCCC[C@@H](CNCCc1c[nH]c2ccccc12)NC(=O)OCC1c2ccccc2-c2ccccc21. The van der Waals surface area contributed by atoms with E-state index < -0.39 is 17.8 Å². The monoisotopic (exact) mass is 596 g/mol. The second-order valence-corrected chi connectivity index (χ2v) is 12.4. The van der Waals surface area contributed by atoms with Crippen LogP contribution in [0.2, 0.25) is 0 Å². The second kappa shape index (κ2) is 14.4. The average Bonchev–Trinajstić information content (AvgIpc) is 3.56. The number of amides is 2. The highest BCUT2D eigenvalue weighted by atomic mass is 16.6. The summed E-state index contributed by atoms with van der Waals surface area (Å²) in [6.45, 7) is 7.73. The molecule has 44 heavy (non-hydrogen) atoms. The van der Waals surface area contributed by atoms with Gasteiger partial charge in [0.25, 0.3) is 0 Å². The number of nitrogens with one attached hydrogen (secondary N) is 4. The summed E-state index contributed by atoms with van der Waals surface area (Å²) in [5.41, 5.74) is 6.66. The van der Waals surface area contributed by atoms with E-state index in [9.17, 15) is 9.59 Å². The fourth-order valence-electron chi connectivity index (χ4n) is 5.89. The van der Waals surface area contributed by atoms with Gasteiger partial charge in [-0.2, -0.15) is 0 Å². The lowest BCUT2D eigenvalue weighted by molar-refractivity contribution is 0.0527. The number of fused-ring (bicyclic) bond motifs is 4. The Morgan fingerprint density at radius 2 is 1.55 bits per heavy atom. The maximum Gasteiger partial charge on any atom is 0.407 e. The van der Waals surface area contributed by atoms with Crippen molar-refractivity contribution in [2.75, 3.05) is 26.2 Å². The van der Waals surface area contributed by atoms with Crippen LogP contribution >= 0.6 is 0 Å². The lowest BCUT2D eigenvalue weighted by Crippen LogP contribution is -2.43. The zero-order valence-corrected chi connectivity index (χ0v) is 26.0. The molecule has 4 aromatic rings. The Bertz CT molecular complexity index is 1510. The van der Waals surface area contributed by atoms with E-state index in [1.807, 2.05) is 51.1 Å². The molecule has 0 bridgehead atoms. The van der Waals surface area contributed by atoms with Crippen molar-refractivity contribution in [3.8, 4) is 11.1 Å². The molecule has 8 nitrogen and oxygen atoms in total. The number of alkyl carbamates (subject to hydrolysis) is 2. The molecule has 0 fully saturated rings. The third kappa shape index (κ3) is 8.20. The van der Waals surface area contributed by atoms with E-state index in [1.54, 1.807) is 0 Å². The maximum atomic E-state index is 13.1. The van der Waals surface area contributed by atoms with Gasteiger partial charge in [-0.3, -0.25) is 0 Å². The number of H-pyrrole nitrogens is 1. The Kier molecular flexibility index (Phi) is 10.2. The number of unbranched alkanes of at least 4 members (excludes halogenated alkanes) is 1. The topological polar surface area (TPSA) is 104 Å². The number of aromatic nitrogens is 1. The van der Waals surface area contributed by atoms with Crippen LogP contribution in [0.3, 0.4) is 0 Å². The summed E-state index contributed by atoms with van der Waals surface area (Å²) >= 11 is 0. The molecule has 4 N–H and O–H groups in total. The van der Waals surface area contributed by atoms with Gasteiger partial charge in [0.1, 0.15) is 12.2 Å². The molecule has 5 rings (SSSR count). The van der Waals surface area contributed by atoms with Crippen LogP contribution in [0, 0.1) is 0 Å². The Balaban J connectivity index is 1.13. The van der Waals surface area contributed by atoms with Gasteiger partial charge in [0, 0.05) is 42.1 Å². The quantitative estimate of drug-likeness (QED) is 0.126. The predicted octanol–water partition coefficient (Wildman–Crippen LogP) is 6.90. The molecular weight excluding hydrogens is 552 g/mol. The van der Waals surface area contributed by atoms with Gasteiger partial charge in [0.05, 0.1) is 0 Å². The largest absolute Gasteiger partial charge is 0.449 e. The van der Waals surface area contributed by atoms with Crippen molar-refractivity contribution in [2.24, 2.45) is 0 Å². The molecule has 0 unspecified atom stereocenters. The molecule has 0 radical (unpaired) electrons. The summed E-state index contributed by atoms with van der Waals surface area (Å²) in [4.78, 5) is 28.4. The van der Waals surface area contributed by atoms with Gasteiger partial charge in [-0.25, -0.2) is 9.59 Å². The summed E-state index contributed by atoms with van der Waals surface area (Å²) in [7, 11) is 0. The van der Waals surface area contributed by atoms with Crippen LogP contribution in [0.5, 0.6) is 0 Å². The van der Waals surface area contributed by atoms with Gasteiger partial charge in [-0.15, -0.1) is 0 Å². The standard InChI is InChI=1S/C36H44N4O4/c1-36(2,3)44-34(41)38-20-11-10-12-26(23-37-21-19-25-22-39-33-18-9-8-13-27(25)33)40-35(42)43-24-32-30-16-6-4-14-28(30)29-15-5-7-17-31(29)32/h4-9,13-18,22,26,32,37,39H,10-12,19-21,23-24H2,1-3H3,(H,38,41)(H,40,42)/t26-/m0/s1. The van der Waals surface area contributed by atoms with Crippen LogP contribution in [0.4, 0.5) is 9.59 Å². The first kappa shape index (κ1) is 31.1. The fraction of sp³-hybridized carbons (Fsp3) is 0.389. The number of para-hydroxylation sites is 1. The van der Waals surface area contributed by atoms with E-state index >= 15 is 0 Å². The van der Waals surface area contributed by atoms with Crippen molar-refractivity contribution >= 4 is 23.1 Å². The van der Waals surface area contributed by atoms with Gasteiger partial charge in [0.2, 0.25) is 0 Å². The smallest absolute Gasteiger partial charge is 0.407 e. The normalized spacial score (nSPS) is 13.2. The van der Waals surface area contributed by atoms with Gasteiger partial charge in [0.15, 0.2) is 0 Å². The molecule has 3 aromatic carbocycles. The molecule has 1 aromatic heterocycles. The highest BCUT2D eigenvalue weighted by Crippen LogP contribution is 2.44. The Labute approximate surface area is 259 Å². The van der Waals surface area contributed by atoms with Gasteiger partial charge < -0.3 is 30.4 Å². The van der Waals surface area contributed by atoms with Crippen molar-refractivity contribution in [1.82, 2.24) is 20.9 Å². The number of rotatable bonds is 13. The van der Waals surface area contributed by atoms with E-state index in [4.69, 9.17) is 9.47 Å². The molecule has 232 valence electrons. The maximum absolute atomic E-state index is 13.1. The Hall–Kier alpha value is -4.30. The Morgan fingerprint density at radius 3 is 2.27 bits per heavy atom. The summed E-state index contributed by atoms with van der Waals surface area (Å²) in [5.74, 6) is 0.0137. The Morgan fingerprint density at radius 1 is 0.864 bits per heavy atom. The predicted molar refractivity (Wildman–Crippen MR) is 175 cm³/mol. The molecule has 0 aliphatic heterocycles. The molecule has 8 heteroatoms. The van der Waals surface area contributed by atoms with Gasteiger partial charge in [-0.05, 0) is 86.9 Å². The molecule has 1 atom stereocenters. The molecule has 1 aliphatic rings. The van der Waals surface area contributed by atoms with Crippen molar-refractivity contribution < 1.29 is 19.1 Å². The summed E-state index contributed by atoms with van der Waals surface area (Å²) in [6, 6.07) is 24.8. The van der Waals surface area contributed by atoms with E-state index in [1.165, 1.54) is 33.2 Å². The first-order valence-electron chi connectivity index (χ1n) is 15.6. The van der Waals surface area contributed by atoms with Crippen LogP contribution in [-0.2, 0) is 15.9 Å². The molecule has 1 heterocycles. The zero-order valence-electron chi connectivity index (χ0n) is 26.0. The zero-order chi connectivity index (χ0) is 30.9. The number of benzene rings is 3. The van der Waals surface area contributed by atoms with Gasteiger partial charge >= 0.3 is 12.2 Å². The van der Waals surface area contributed by atoms with Crippen molar-refractivity contribution in [2.45, 2.75) is 64.0 Å². The van der Waals surface area contributed by atoms with Crippen LogP contribution < -0.4 is 16.0 Å². The van der Waals surface area contributed by atoms with E-state index in [0.29, 0.717) is 13.1 Å². The highest BCUT2D eigenvalue weighted by Gasteiger charge is 2.29. The fourth-order valence-corrected chi connectivity index (χ4v) is 5.89. The molecule has 0 saturated heterocycles. The van der Waals surface area contributed by atoms with Crippen molar-refractivity contribution in [3.05, 3.63) is 95.7 Å². The summed E-state index contributed by atoms with van der Waals surface area (Å²) < 4.78 is 11.2. The second-order valence-electron chi connectivity index (χ2n) is 12.4. The van der Waals surface area contributed by atoms with Crippen LogP contribution in [0.25, 0.3) is 22.0 Å². The number of hydrogen-bond acceptors (Lipinski definition) is 5. The van der Waals surface area contributed by atoms with Crippen LogP contribution in [0.15, 0.2) is 79.0 Å². The average molecular weight is 597 g/mol. The van der Waals surface area contributed by atoms with Crippen LogP contribution in [0.1, 0.15) is 62.6 Å². The number of carbonyl (C=O) groups is 2. The number of hydrogen-bond donors (Lipinski definition) is 4. The third-order valence-electron chi connectivity index (χ3n) is 7.95. The van der Waals surface area contributed by atoms with Crippen LogP contribution in [-0.4, -0.2) is 55.1 Å². The van der Waals surface area contributed by atoms with Crippen molar-refractivity contribution in [3.63, 3.8) is 0 Å². The summed E-state index contributed by atoms with van der Waals surface area (Å²) in [6.07, 6.45) is 4.47. The third-order valence-corrected chi connectivity index (χ3v) is 7.95. The first-order valence-corrected chi connectivity index (χ1v) is 15.6. The molecular formula is C36H44N4O4. The van der Waals surface area contributed by atoms with E-state index in [-0.39, 0.29) is 18.6 Å².